The lowest BCUT2D eigenvalue weighted by molar-refractivity contribution is 0.255. The van der Waals surface area contributed by atoms with Crippen LogP contribution in [0.2, 0.25) is 0 Å². The number of aryl methyl sites for hydroxylation is 2. The van der Waals surface area contributed by atoms with E-state index < -0.39 is 9.84 Å². The Morgan fingerprint density at radius 2 is 1.35 bits per heavy atom. The Labute approximate surface area is 154 Å². The molecule has 2 aromatic carbocycles. The van der Waals surface area contributed by atoms with Crippen LogP contribution >= 0.6 is 0 Å². The van der Waals surface area contributed by atoms with Gasteiger partial charge in [0, 0.05) is 11.4 Å². The number of para-hydroxylation sites is 1. The first-order valence-corrected chi connectivity index (χ1v) is 10.6. The second-order valence-electron chi connectivity index (χ2n) is 7.24. The minimum Gasteiger partial charge on any atom is -0.288 e. The van der Waals surface area contributed by atoms with Gasteiger partial charge >= 0.3 is 6.03 Å². The van der Waals surface area contributed by atoms with Crippen LogP contribution in [0.1, 0.15) is 16.7 Å². The van der Waals surface area contributed by atoms with Crippen molar-refractivity contribution in [3.8, 4) is 0 Å². The molecule has 4 rings (SSSR count). The molecule has 2 aliphatic rings. The number of nitrogens with zero attached hydrogens (tertiary/aromatic N) is 2. The van der Waals surface area contributed by atoms with Crippen LogP contribution in [0.3, 0.4) is 0 Å². The molecule has 6 heteroatoms. The molecule has 0 saturated carbocycles. The van der Waals surface area contributed by atoms with E-state index in [1.807, 2.05) is 63.2 Å². The van der Waals surface area contributed by atoms with Crippen molar-refractivity contribution in [2.45, 2.75) is 32.9 Å². The summed E-state index contributed by atoms with van der Waals surface area (Å²) >= 11 is 0. The molecular formula is C20H22N2O3S. The van der Waals surface area contributed by atoms with Gasteiger partial charge in [0.2, 0.25) is 0 Å². The Kier molecular flexibility index (Phi) is 3.84. The number of rotatable bonds is 2. The number of fused-ring (bicyclic) bond motifs is 1. The maximum atomic E-state index is 13.4. The molecule has 0 aromatic heterocycles. The minimum atomic E-state index is -3.18. The average molecular weight is 370 g/mol. The zero-order valence-electron chi connectivity index (χ0n) is 15.1. The van der Waals surface area contributed by atoms with Gasteiger partial charge in [-0.1, -0.05) is 30.3 Å². The van der Waals surface area contributed by atoms with Gasteiger partial charge in [-0.2, -0.15) is 0 Å². The molecule has 2 fully saturated rings. The molecule has 0 bridgehead atoms. The first kappa shape index (κ1) is 17.1. The van der Waals surface area contributed by atoms with E-state index in [4.69, 9.17) is 0 Å². The summed E-state index contributed by atoms with van der Waals surface area (Å²) in [6, 6.07) is 12.6. The molecule has 2 saturated heterocycles. The van der Waals surface area contributed by atoms with Gasteiger partial charge in [-0.15, -0.1) is 0 Å². The highest BCUT2D eigenvalue weighted by Gasteiger charge is 2.54. The van der Waals surface area contributed by atoms with E-state index in [1.165, 1.54) is 0 Å². The molecule has 2 amide bonds. The van der Waals surface area contributed by atoms with Crippen LogP contribution in [0, 0.1) is 20.8 Å². The summed E-state index contributed by atoms with van der Waals surface area (Å²) in [5.74, 6) is 0.0261. The summed E-state index contributed by atoms with van der Waals surface area (Å²) in [6.45, 7) is 5.93. The van der Waals surface area contributed by atoms with Crippen molar-refractivity contribution in [1.82, 2.24) is 0 Å². The van der Waals surface area contributed by atoms with E-state index in [0.717, 1.165) is 28.1 Å². The van der Waals surface area contributed by atoms with Gasteiger partial charge in [0.05, 0.1) is 23.6 Å². The minimum absolute atomic E-state index is 0.0130. The quantitative estimate of drug-likeness (QED) is 0.763. The third-order valence-corrected chi connectivity index (χ3v) is 7.28. The van der Waals surface area contributed by atoms with Crippen molar-refractivity contribution in [3.63, 3.8) is 0 Å². The van der Waals surface area contributed by atoms with Crippen LogP contribution < -0.4 is 9.80 Å². The van der Waals surface area contributed by atoms with Crippen molar-refractivity contribution in [2.75, 3.05) is 21.3 Å². The molecule has 2 aromatic rings. The monoisotopic (exact) mass is 370 g/mol. The molecular weight excluding hydrogens is 348 g/mol. The fraction of sp³-hybridized carbons (Fsp3) is 0.350. The summed E-state index contributed by atoms with van der Waals surface area (Å²) in [5.41, 5.74) is 4.65. The number of sulfone groups is 1. The number of hydrogen-bond acceptors (Lipinski definition) is 3. The molecule has 2 aliphatic heterocycles. The van der Waals surface area contributed by atoms with E-state index in [9.17, 15) is 13.2 Å². The van der Waals surface area contributed by atoms with E-state index in [-0.39, 0.29) is 29.6 Å². The highest BCUT2D eigenvalue weighted by Crippen LogP contribution is 2.40. The van der Waals surface area contributed by atoms with E-state index in [1.54, 1.807) is 9.80 Å². The predicted octanol–water partition coefficient (Wildman–Crippen LogP) is 3.22. The topological polar surface area (TPSA) is 57.7 Å². The zero-order chi connectivity index (χ0) is 18.6. The molecule has 0 unspecified atom stereocenters. The third-order valence-electron chi connectivity index (χ3n) is 5.58. The summed E-state index contributed by atoms with van der Waals surface area (Å²) in [6.07, 6.45) is 0. The average Bonchev–Trinajstić information content (AvgIpc) is 3.00. The van der Waals surface area contributed by atoms with Crippen molar-refractivity contribution in [2.24, 2.45) is 0 Å². The van der Waals surface area contributed by atoms with Crippen molar-refractivity contribution in [1.29, 1.82) is 0 Å². The molecule has 0 spiro atoms. The maximum Gasteiger partial charge on any atom is 0.329 e. The Morgan fingerprint density at radius 1 is 0.808 bits per heavy atom. The van der Waals surface area contributed by atoms with Gasteiger partial charge in [-0.3, -0.25) is 9.80 Å². The number of hydrogen-bond donors (Lipinski definition) is 0. The third kappa shape index (κ3) is 2.51. The Hall–Kier alpha value is -2.34. The predicted molar refractivity (Wildman–Crippen MR) is 104 cm³/mol. The summed E-state index contributed by atoms with van der Waals surface area (Å²) in [4.78, 5) is 16.8. The van der Waals surface area contributed by atoms with E-state index >= 15 is 0 Å². The molecule has 0 aliphatic carbocycles. The standard InChI is InChI=1S/C20H22N2O3S/c1-13-8-6-10-17(15(13)3)22-19-12-26(24,25)11-18(19)21(20(22)23)16-9-5-4-7-14(16)2/h4-10,18-19H,11-12H2,1-3H3/t18-,19+/m0/s1. The van der Waals surface area contributed by atoms with Crippen LogP contribution in [-0.2, 0) is 9.84 Å². The molecule has 5 nitrogen and oxygen atoms in total. The largest absolute Gasteiger partial charge is 0.329 e. The lowest BCUT2D eigenvalue weighted by Crippen LogP contribution is -2.38. The molecule has 2 heterocycles. The van der Waals surface area contributed by atoms with Gasteiger partial charge in [-0.05, 0) is 49.6 Å². The fourth-order valence-corrected chi connectivity index (χ4v) is 6.02. The second kappa shape index (κ2) is 5.84. The van der Waals surface area contributed by atoms with Crippen molar-refractivity contribution >= 4 is 27.2 Å². The molecule has 136 valence electrons. The van der Waals surface area contributed by atoms with Crippen molar-refractivity contribution in [3.05, 3.63) is 59.2 Å². The second-order valence-corrected chi connectivity index (χ2v) is 9.39. The smallest absolute Gasteiger partial charge is 0.288 e. The first-order valence-electron chi connectivity index (χ1n) is 8.75. The SMILES string of the molecule is Cc1ccccc1N1C(=O)N(c2cccc(C)c2C)[C@@H]2CS(=O)(=O)C[C@@H]21. The van der Waals surface area contributed by atoms with Gasteiger partial charge in [0.15, 0.2) is 9.84 Å². The maximum absolute atomic E-state index is 13.4. The van der Waals surface area contributed by atoms with Crippen LogP contribution in [0.5, 0.6) is 0 Å². The van der Waals surface area contributed by atoms with E-state index in [0.29, 0.717) is 0 Å². The molecule has 0 radical (unpaired) electrons. The Morgan fingerprint density at radius 3 is 2.00 bits per heavy atom. The lowest BCUT2D eigenvalue weighted by atomic mass is 10.1. The number of urea groups is 1. The molecule has 0 N–H and O–H groups in total. The van der Waals surface area contributed by atoms with Gasteiger partial charge in [0.1, 0.15) is 0 Å². The van der Waals surface area contributed by atoms with Crippen LogP contribution in [-0.4, -0.2) is 38.0 Å². The Bertz CT molecular complexity index is 1000. The normalized spacial score (nSPS) is 24.2. The lowest BCUT2D eigenvalue weighted by Gasteiger charge is -2.25. The number of carbonyl (C=O) groups is 1. The molecule has 2 atom stereocenters. The van der Waals surface area contributed by atoms with Crippen LogP contribution in [0.25, 0.3) is 0 Å². The highest BCUT2D eigenvalue weighted by molar-refractivity contribution is 7.91. The van der Waals surface area contributed by atoms with E-state index in [2.05, 4.69) is 0 Å². The van der Waals surface area contributed by atoms with Crippen LogP contribution in [0.4, 0.5) is 16.2 Å². The number of anilines is 2. The summed E-state index contributed by atoms with van der Waals surface area (Å²) < 4.78 is 24.8. The summed E-state index contributed by atoms with van der Waals surface area (Å²) in [7, 11) is -3.18. The number of amides is 2. The summed E-state index contributed by atoms with van der Waals surface area (Å²) in [5, 5.41) is 0. The molecule has 26 heavy (non-hydrogen) atoms. The zero-order valence-corrected chi connectivity index (χ0v) is 16.0. The number of carbonyl (C=O) groups excluding carboxylic acids is 1. The highest BCUT2D eigenvalue weighted by atomic mass is 32.2. The van der Waals surface area contributed by atoms with Gasteiger partial charge < -0.3 is 0 Å². The van der Waals surface area contributed by atoms with Crippen molar-refractivity contribution < 1.29 is 13.2 Å². The Balaban J connectivity index is 1.87. The fourth-order valence-electron chi connectivity index (χ4n) is 4.10. The van der Waals surface area contributed by atoms with Gasteiger partial charge in [0.25, 0.3) is 0 Å². The first-order chi connectivity index (χ1) is 12.3. The van der Waals surface area contributed by atoms with Crippen LogP contribution in [0.15, 0.2) is 42.5 Å². The van der Waals surface area contributed by atoms with Gasteiger partial charge in [-0.25, -0.2) is 13.2 Å². The number of benzene rings is 2.